The lowest BCUT2D eigenvalue weighted by Crippen LogP contribution is -2.37. The van der Waals surface area contributed by atoms with Crippen LogP contribution in [0.25, 0.3) is 0 Å². The van der Waals surface area contributed by atoms with Crippen LogP contribution in [-0.2, 0) is 16.0 Å². The molecule has 1 atom stereocenters. The third-order valence-corrected chi connectivity index (χ3v) is 3.35. The van der Waals surface area contributed by atoms with Gasteiger partial charge in [-0.25, -0.2) is 0 Å². The maximum atomic E-state index is 6.12. The molecule has 0 saturated carbocycles. The van der Waals surface area contributed by atoms with Crippen molar-refractivity contribution >= 4 is 11.6 Å². The van der Waals surface area contributed by atoms with Gasteiger partial charge in [0, 0.05) is 13.1 Å². The van der Waals surface area contributed by atoms with Crippen LogP contribution in [0.4, 0.5) is 0 Å². The monoisotopic (exact) mass is 285 g/mol. The van der Waals surface area contributed by atoms with E-state index in [0.29, 0.717) is 42.9 Å². The zero-order valence-corrected chi connectivity index (χ0v) is 11.2. The van der Waals surface area contributed by atoms with Crippen molar-refractivity contribution < 1.29 is 18.9 Å². The minimum absolute atomic E-state index is 0.123. The molecule has 1 N–H and O–H groups in total. The van der Waals surface area contributed by atoms with E-state index in [9.17, 15) is 0 Å². The summed E-state index contributed by atoms with van der Waals surface area (Å²) in [6.07, 6.45) is 0.123. The van der Waals surface area contributed by atoms with E-state index in [2.05, 4.69) is 5.32 Å². The molecule has 1 aromatic carbocycles. The average molecular weight is 286 g/mol. The van der Waals surface area contributed by atoms with E-state index in [1.807, 2.05) is 12.1 Å². The van der Waals surface area contributed by atoms with E-state index < -0.39 is 0 Å². The molecule has 0 spiro atoms. The highest BCUT2D eigenvalue weighted by Crippen LogP contribution is 2.39. The fraction of sp³-hybridized carbons (Fsp3) is 0.538. The normalized spacial score (nSPS) is 21.6. The Kier molecular flexibility index (Phi) is 4.08. The van der Waals surface area contributed by atoms with Crippen molar-refractivity contribution in [2.24, 2.45) is 0 Å². The molecule has 1 fully saturated rings. The Morgan fingerprint density at radius 3 is 3.05 bits per heavy atom. The van der Waals surface area contributed by atoms with Crippen molar-refractivity contribution in [1.82, 2.24) is 5.32 Å². The van der Waals surface area contributed by atoms with Gasteiger partial charge in [0.25, 0.3) is 0 Å². The fourth-order valence-electron chi connectivity index (χ4n) is 2.15. The number of benzene rings is 1. The Hall–Kier alpha value is -1.01. The summed E-state index contributed by atoms with van der Waals surface area (Å²) in [6, 6.07) is 3.83. The highest BCUT2D eigenvalue weighted by molar-refractivity contribution is 6.32. The molecule has 104 valence electrons. The molecule has 0 bridgehead atoms. The summed E-state index contributed by atoms with van der Waals surface area (Å²) in [4.78, 5) is 0. The summed E-state index contributed by atoms with van der Waals surface area (Å²) in [5, 5.41) is 3.92. The van der Waals surface area contributed by atoms with Crippen LogP contribution < -0.4 is 14.8 Å². The molecule has 1 saturated heterocycles. The van der Waals surface area contributed by atoms with E-state index >= 15 is 0 Å². The predicted octanol–water partition coefficient (Wildman–Crippen LogP) is 1.57. The van der Waals surface area contributed by atoms with Crippen molar-refractivity contribution in [2.45, 2.75) is 12.6 Å². The van der Waals surface area contributed by atoms with Gasteiger partial charge in [-0.05, 0) is 17.7 Å². The molecular formula is C13H16ClNO4. The number of rotatable bonds is 4. The van der Waals surface area contributed by atoms with Gasteiger partial charge in [0.05, 0.1) is 30.9 Å². The number of halogens is 1. The first kappa shape index (κ1) is 13.0. The van der Waals surface area contributed by atoms with Gasteiger partial charge in [0.2, 0.25) is 6.79 Å². The van der Waals surface area contributed by atoms with Gasteiger partial charge in [-0.1, -0.05) is 11.6 Å². The van der Waals surface area contributed by atoms with Gasteiger partial charge < -0.3 is 24.3 Å². The lowest BCUT2D eigenvalue weighted by Gasteiger charge is -2.23. The van der Waals surface area contributed by atoms with Gasteiger partial charge in [-0.15, -0.1) is 0 Å². The van der Waals surface area contributed by atoms with Crippen molar-refractivity contribution in [3.8, 4) is 11.5 Å². The van der Waals surface area contributed by atoms with Crippen molar-refractivity contribution in [2.75, 3.05) is 33.2 Å². The van der Waals surface area contributed by atoms with Gasteiger partial charge in [0.1, 0.15) is 0 Å². The van der Waals surface area contributed by atoms with Crippen molar-refractivity contribution in [3.63, 3.8) is 0 Å². The van der Waals surface area contributed by atoms with Crippen LogP contribution in [0.5, 0.6) is 11.5 Å². The molecule has 0 aromatic heterocycles. The average Bonchev–Trinajstić information content (AvgIpc) is 2.89. The summed E-state index contributed by atoms with van der Waals surface area (Å²) in [5.74, 6) is 1.34. The van der Waals surface area contributed by atoms with E-state index in [-0.39, 0.29) is 12.9 Å². The molecule has 2 aliphatic heterocycles. The van der Waals surface area contributed by atoms with E-state index in [4.69, 9.17) is 30.5 Å². The molecular weight excluding hydrogens is 270 g/mol. The molecule has 6 heteroatoms. The van der Waals surface area contributed by atoms with Crippen LogP contribution in [0, 0.1) is 0 Å². The minimum Gasteiger partial charge on any atom is -0.454 e. The largest absolute Gasteiger partial charge is 0.454 e. The maximum absolute atomic E-state index is 6.12. The molecule has 2 aliphatic rings. The number of hydrogen-bond acceptors (Lipinski definition) is 5. The van der Waals surface area contributed by atoms with E-state index in [1.54, 1.807) is 0 Å². The zero-order chi connectivity index (χ0) is 13.1. The Bertz CT molecular complexity index is 449. The van der Waals surface area contributed by atoms with E-state index in [0.717, 1.165) is 12.1 Å². The minimum atomic E-state index is 0.123. The Labute approximate surface area is 116 Å². The third-order valence-electron chi connectivity index (χ3n) is 3.07. The number of nitrogens with one attached hydrogen (secondary N) is 1. The smallest absolute Gasteiger partial charge is 0.231 e. The topological polar surface area (TPSA) is 49.0 Å². The lowest BCUT2D eigenvalue weighted by molar-refractivity contribution is -0.0864. The quantitative estimate of drug-likeness (QED) is 0.910. The molecule has 1 aromatic rings. The standard InChI is InChI=1S/C13H16ClNO4/c14-11-3-9(4-12-13(11)19-8-18-12)5-15-6-10-7-16-1-2-17-10/h3-4,10,15H,1-2,5-8H2. The third kappa shape index (κ3) is 3.12. The molecule has 19 heavy (non-hydrogen) atoms. The lowest BCUT2D eigenvalue weighted by atomic mass is 10.2. The molecule has 0 aliphatic carbocycles. The predicted molar refractivity (Wildman–Crippen MR) is 69.8 cm³/mol. The SMILES string of the molecule is Clc1cc(CNCC2COCCO2)cc2c1OCO2. The Morgan fingerprint density at radius 2 is 2.21 bits per heavy atom. The van der Waals surface area contributed by atoms with E-state index in [1.165, 1.54) is 0 Å². The molecule has 5 nitrogen and oxygen atoms in total. The number of fused-ring (bicyclic) bond motifs is 1. The van der Waals surface area contributed by atoms with Crippen LogP contribution in [0.1, 0.15) is 5.56 Å². The van der Waals surface area contributed by atoms with Crippen molar-refractivity contribution in [3.05, 3.63) is 22.7 Å². The van der Waals surface area contributed by atoms with Crippen LogP contribution >= 0.6 is 11.6 Å². The van der Waals surface area contributed by atoms with Gasteiger partial charge >= 0.3 is 0 Å². The van der Waals surface area contributed by atoms with Crippen LogP contribution in [0.3, 0.4) is 0 Å². The molecule has 0 amide bonds. The molecule has 2 heterocycles. The highest BCUT2D eigenvalue weighted by atomic mass is 35.5. The van der Waals surface area contributed by atoms with Crippen molar-refractivity contribution in [1.29, 1.82) is 0 Å². The summed E-state index contributed by atoms with van der Waals surface area (Å²) >= 11 is 6.12. The number of ether oxygens (including phenoxy) is 4. The van der Waals surface area contributed by atoms with Crippen LogP contribution in [-0.4, -0.2) is 39.3 Å². The van der Waals surface area contributed by atoms with Gasteiger partial charge in [-0.2, -0.15) is 0 Å². The second-order valence-electron chi connectivity index (χ2n) is 4.51. The first-order valence-corrected chi connectivity index (χ1v) is 6.69. The molecule has 3 rings (SSSR count). The summed E-state index contributed by atoms with van der Waals surface area (Å²) < 4.78 is 21.5. The molecule has 0 radical (unpaired) electrons. The maximum Gasteiger partial charge on any atom is 0.231 e. The van der Waals surface area contributed by atoms with Crippen LogP contribution in [0.15, 0.2) is 12.1 Å². The second-order valence-corrected chi connectivity index (χ2v) is 4.92. The zero-order valence-electron chi connectivity index (χ0n) is 10.5. The second kappa shape index (κ2) is 5.96. The summed E-state index contributed by atoms with van der Waals surface area (Å²) in [7, 11) is 0. The number of hydrogen-bond donors (Lipinski definition) is 1. The Balaban J connectivity index is 1.54. The first-order valence-electron chi connectivity index (χ1n) is 6.31. The first-order chi connectivity index (χ1) is 9.33. The fourth-order valence-corrected chi connectivity index (χ4v) is 2.44. The summed E-state index contributed by atoms with van der Waals surface area (Å²) in [5.41, 5.74) is 1.06. The van der Waals surface area contributed by atoms with Gasteiger partial charge in [0.15, 0.2) is 11.5 Å². The Morgan fingerprint density at radius 1 is 1.26 bits per heavy atom. The highest BCUT2D eigenvalue weighted by Gasteiger charge is 2.18. The van der Waals surface area contributed by atoms with Gasteiger partial charge in [-0.3, -0.25) is 0 Å². The molecule has 1 unspecified atom stereocenters. The summed E-state index contributed by atoms with van der Waals surface area (Å²) in [6.45, 7) is 3.70. The van der Waals surface area contributed by atoms with Crippen LogP contribution in [0.2, 0.25) is 5.02 Å².